The maximum Gasteiger partial charge on any atom is 0.0540 e. The summed E-state index contributed by atoms with van der Waals surface area (Å²) in [5.74, 6) is 0.345. The van der Waals surface area contributed by atoms with Crippen molar-refractivity contribution < 1.29 is 0 Å². The number of aromatic nitrogens is 2. The van der Waals surface area contributed by atoms with Crippen molar-refractivity contribution in [3.8, 4) is 11.4 Å². The molecule has 0 N–H and O–H groups in total. The Morgan fingerprint density at radius 1 is 0.647 bits per heavy atom. The zero-order valence-corrected chi connectivity index (χ0v) is 28.8. The summed E-state index contributed by atoms with van der Waals surface area (Å²) >= 11 is 0. The zero-order chi connectivity index (χ0) is 34.1. The van der Waals surface area contributed by atoms with E-state index in [0.29, 0.717) is 5.92 Å². The van der Waals surface area contributed by atoms with E-state index in [9.17, 15) is 0 Å². The van der Waals surface area contributed by atoms with Gasteiger partial charge in [0.05, 0.1) is 10.9 Å². The maximum atomic E-state index is 4.01. The first-order valence-corrected chi connectivity index (χ1v) is 18.1. The molecule has 6 aromatic carbocycles. The summed E-state index contributed by atoms with van der Waals surface area (Å²) in [6.07, 6.45) is 16.8. The van der Waals surface area contributed by atoms with Crippen LogP contribution in [0.5, 0.6) is 0 Å². The van der Waals surface area contributed by atoms with Gasteiger partial charge in [0, 0.05) is 50.4 Å². The third-order valence-corrected chi connectivity index (χ3v) is 11.3. The van der Waals surface area contributed by atoms with Gasteiger partial charge in [-0.15, -0.1) is 0 Å². The molecule has 2 aliphatic carbocycles. The van der Waals surface area contributed by atoms with Crippen LogP contribution in [0.4, 0.5) is 0 Å². The Labute approximate surface area is 297 Å². The van der Waals surface area contributed by atoms with E-state index < -0.39 is 0 Å². The molecule has 10 rings (SSSR count). The van der Waals surface area contributed by atoms with Crippen molar-refractivity contribution in [1.82, 2.24) is 9.13 Å². The van der Waals surface area contributed by atoms with E-state index in [0.717, 1.165) is 19.3 Å². The molecule has 2 heteroatoms. The third-order valence-electron chi connectivity index (χ3n) is 11.3. The van der Waals surface area contributed by atoms with E-state index in [-0.39, 0.29) is 0 Å². The van der Waals surface area contributed by atoms with Crippen LogP contribution in [0.3, 0.4) is 0 Å². The Bertz CT molecular complexity index is 2870. The fraction of sp³-hybridized carbons (Fsp3) is 0.102. The van der Waals surface area contributed by atoms with Gasteiger partial charge in [-0.05, 0) is 88.8 Å². The van der Waals surface area contributed by atoms with Crippen LogP contribution in [-0.4, -0.2) is 9.13 Å². The van der Waals surface area contributed by atoms with Crippen molar-refractivity contribution in [2.75, 3.05) is 0 Å². The zero-order valence-electron chi connectivity index (χ0n) is 28.8. The summed E-state index contributed by atoms with van der Waals surface area (Å²) in [6, 6.07) is 44.4. The van der Waals surface area contributed by atoms with E-state index in [1.807, 2.05) is 6.08 Å². The topological polar surface area (TPSA) is 9.86 Å². The number of allylic oxidation sites excluding steroid dienone is 3. The lowest BCUT2D eigenvalue weighted by Gasteiger charge is -2.23. The van der Waals surface area contributed by atoms with Gasteiger partial charge in [-0.3, -0.25) is 0 Å². The van der Waals surface area contributed by atoms with Crippen LogP contribution in [0.2, 0.25) is 0 Å². The molecule has 2 aliphatic rings. The molecular weight excluding hydrogens is 617 g/mol. The van der Waals surface area contributed by atoms with Gasteiger partial charge in [-0.2, -0.15) is 0 Å². The lowest BCUT2D eigenvalue weighted by Crippen LogP contribution is -2.33. The first-order chi connectivity index (χ1) is 25.2. The van der Waals surface area contributed by atoms with Gasteiger partial charge in [0.25, 0.3) is 0 Å². The van der Waals surface area contributed by atoms with E-state index in [1.165, 1.54) is 93.3 Å². The van der Waals surface area contributed by atoms with E-state index >= 15 is 0 Å². The predicted molar refractivity (Wildman–Crippen MR) is 218 cm³/mol. The molecule has 244 valence electrons. The number of benzene rings is 6. The smallest absolute Gasteiger partial charge is 0.0540 e. The van der Waals surface area contributed by atoms with Crippen LogP contribution in [-0.2, 0) is 6.42 Å². The minimum Gasteiger partial charge on any atom is -0.317 e. The third kappa shape index (κ3) is 4.56. The summed E-state index contributed by atoms with van der Waals surface area (Å²) in [7, 11) is 0. The van der Waals surface area contributed by atoms with Crippen molar-refractivity contribution in [3.05, 3.63) is 179 Å². The summed E-state index contributed by atoms with van der Waals surface area (Å²) in [5.41, 5.74) is 10.5. The highest BCUT2D eigenvalue weighted by atomic mass is 15.0. The Kier molecular flexibility index (Phi) is 6.86. The summed E-state index contributed by atoms with van der Waals surface area (Å²) in [6.45, 7) is 6.29. The van der Waals surface area contributed by atoms with Crippen LogP contribution in [0.1, 0.15) is 35.4 Å². The number of hydrogen-bond donors (Lipinski definition) is 0. The summed E-state index contributed by atoms with van der Waals surface area (Å²) in [5, 5.41) is 11.8. The van der Waals surface area contributed by atoms with Crippen LogP contribution < -0.4 is 10.6 Å². The molecule has 0 saturated carbocycles. The molecule has 0 fully saturated rings. The highest BCUT2D eigenvalue weighted by molar-refractivity contribution is 6.25. The molecular formula is C49H38N2. The van der Waals surface area contributed by atoms with Crippen LogP contribution in [0.25, 0.3) is 78.9 Å². The molecule has 0 unspecified atom stereocenters. The number of fused-ring (bicyclic) bond motifs is 10. The number of rotatable bonds is 5. The van der Waals surface area contributed by atoms with Crippen LogP contribution in [0.15, 0.2) is 146 Å². The molecule has 2 aromatic heterocycles. The number of hydrogen-bond acceptors (Lipinski definition) is 0. The van der Waals surface area contributed by atoms with Gasteiger partial charge in [0.1, 0.15) is 0 Å². The second-order valence-electron chi connectivity index (χ2n) is 14.0. The average molecular weight is 655 g/mol. The minimum atomic E-state index is 0.345. The van der Waals surface area contributed by atoms with Crippen LogP contribution >= 0.6 is 0 Å². The first kappa shape index (κ1) is 29.8. The van der Waals surface area contributed by atoms with Crippen molar-refractivity contribution in [2.24, 2.45) is 5.92 Å². The SMILES string of the molecule is C=C/C=C\c1c2c(n(-c3ccc4c5ccccc5c5ccccc5c4c3)c1C)CCC([C@H]1C=c3c(c4ccccc4n3-c3ccccc3)=CC1)=C2. The first-order valence-electron chi connectivity index (χ1n) is 18.1. The molecule has 0 saturated heterocycles. The standard InChI is InChI=1S/C49H38N2/c1-3-4-16-37-32(2)50(36-25-27-42-40-19-9-8-17-38(40)39-18-10-11-20-41(39)45(42)31-36)48-28-24-33(29-46(37)48)34-23-26-44-43-21-12-13-22-47(43)51(49(44)30-34)35-14-6-5-7-15-35/h3-22,25-27,29-31,34H,1,23-24,28H2,2H3/b16-4-/t34-/m1/s1. The molecule has 1 atom stereocenters. The molecule has 2 nitrogen and oxygen atoms in total. The van der Waals surface area contributed by atoms with Crippen molar-refractivity contribution in [1.29, 1.82) is 0 Å². The highest BCUT2D eigenvalue weighted by Gasteiger charge is 2.26. The fourth-order valence-electron chi connectivity index (χ4n) is 9.05. The van der Waals surface area contributed by atoms with Gasteiger partial charge in [0.15, 0.2) is 0 Å². The normalized spacial score (nSPS) is 15.5. The van der Waals surface area contributed by atoms with E-state index in [2.05, 4.69) is 174 Å². The Morgan fingerprint density at radius 3 is 2.02 bits per heavy atom. The van der Waals surface area contributed by atoms with Crippen molar-refractivity contribution >= 4 is 67.5 Å². The largest absolute Gasteiger partial charge is 0.317 e. The van der Waals surface area contributed by atoms with Gasteiger partial charge in [-0.25, -0.2) is 0 Å². The molecule has 0 aliphatic heterocycles. The Hall–Kier alpha value is -6.12. The summed E-state index contributed by atoms with van der Waals surface area (Å²) in [4.78, 5) is 0. The van der Waals surface area contributed by atoms with Gasteiger partial charge in [0.2, 0.25) is 0 Å². The monoisotopic (exact) mass is 654 g/mol. The minimum absolute atomic E-state index is 0.345. The van der Waals surface area contributed by atoms with E-state index in [1.54, 1.807) is 0 Å². The summed E-state index contributed by atoms with van der Waals surface area (Å²) < 4.78 is 4.98. The quantitative estimate of drug-likeness (QED) is 0.129. The number of para-hydroxylation sites is 2. The average Bonchev–Trinajstić information content (AvgIpc) is 3.67. The van der Waals surface area contributed by atoms with Crippen molar-refractivity contribution in [3.63, 3.8) is 0 Å². The molecule has 0 bridgehead atoms. The fourth-order valence-corrected chi connectivity index (χ4v) is 9.05. The predicted octanol–water partition coefficient (Wildman–Crippen LogP) is 11.0. The van der Waals surface area contributed by atoms with Gasteiger partial charge >= 0.3 is 0 Å². The van der Waals surface area contributed by atoms with Crippen LogP contribution in [0, 0.1) is 12.8 Å². The maximum absolute atomic E-state index is 4.01. The molecule has 51 heavy (non-hydrogen) atoms. The van der Waals surface area contributed by atoms with E-state index in [4.69, 9.17) is 0 Å². The second-order valence-corrected chi connectivity index (χ2v) is 14.0. The molecule has 2 heterocycles. The lowest BCUT2D eigenvalue weighted by atomic mass is 9.83. The molecule has 8 aromatic rings. The second kappa shape index (κ2) is 11.7. The van der Waals surface area contributed by atoms with Crippen molar-refractivity contribution in [2.45, 2.75) is 26.2 Å². The number of nitrogens with zero attached hydrogens (tertiary/aromatic N) is 2. The van der Waals surface area contributed by atoms with Gasteiger partial charge in [-0.1, -0.05) is 140 Å². The Balaban J connectivity index is 1.14. The molecule has 0 radical (unpaired) electrons. The highest BCUT2D eigenvalue weighted by Crippen LogP contribution is 2.40. The Morgan fingerprint density at radius 2 is 1.29 bits per heavy atom. The molecule has 0 amide bonds. The van der Waals surface area contributed by atoms with Gasteiger partial charge < -0.3 is 9.13 Å². The lowest BCUT2D eigenvalue weighted by molar-refractivity contribution is 0.732. The molecule has 0 spiro atoms.